The van der Waals surface area contributed by atoms with Crippen molar-refractivity contribution in [2.24, 2.45) is 10.7 Å². The van der Waals surface area contributed by atoms with Gasteiger partial charge < -0.3 is 15.4 Å². The lowest BCUT2D eigenvalue weighted by Crippen LogP contribution is -2.54. The molecule has 18 heavy (non-hydrogen) atoms. The monoisotopic (exact) mass is 265 g/mol. The molecule has 5 heteroatoms. The van der Waals surface area contributed by atoms with Crippen LogP contribution >= 0.6 is 11.6 Å². The molecule has 1 fully saturated rings. The van der Waals surface area contributed by atoms with Crippen molar-refractivity contribution in [3.05, 3.63) is 29.3 Å². The predicted octanol–water partition coefficient (Wildman–Crippen LogP) is 2.02. The molecule has 96 valence electrons. The lowest BCUT2D eigenvalue weighted by atomic mass is 9.88. The first kappa shape index (κ1) is 11.8. The van der Waals surface area contributed by atoms with Crippen molar-refractivity contribution in [3.8, 4) is 0 Å². The van der Waals surface area contributed by atoms with Crippen molar-refractivity contribution >= 4 is 23.2 Å². The van der Waals surface area contributed by atoms with Gasteiger partial charge in [0, 0.05) is 23.9 Å². The fraction of sp³-hybridized carbons (Fsp3) is 0.462. The van der Waals surface area contributed by atoms with Gasteiger partial charge in [0.1, 0.15) is 0 Å². The zero-order chi connectivity index (χ0) is 12.6. The minimum absolute atomic E-state index is 0.0208. The molecule has 0 radical (unpaired) electrons. The van der Waals surface area contributed by atoms with Crippen molar-refractivity contribution in [1.29, 1.82) is 0 Å². The van der Waals surface area contributed by atoms with Crippen molar-refractivity contribution in [3.63, 3.8) is 0 Å². The van der Waals surface area contributed by atoms with E-state index in [1.165, 1.54) is 0 Å². The van der Waals surface area contributed by atoms with E-state index in [0.29, 0.717) is 5.96 Å². The lowest BCUT2D eigenvalue weighted by molar-refractivity contribution is 0.0594. The third-order valence-corrected chi connectivity index (χ3v) is 3.96. The maximum absolute atomic E-state index is 6.07. The molecular weight excluding hydrogens is 250 g/mol. The summed E-state index contributed by atoms with van der Waals surface area (Å²) in [7, 11) is 0. The van der Waals surface area contributed by atoms with Crippen LogP contribution in [0.3, 0.4) is 0 Å². The van der Waals surface area contributed by atoms with E-state index in [4.69, 9.17) is 22.1 Å². The number of hydrogen-bond acceptors (Lipinski definition) is 4. The smallest absolute Gasteiger partial charge is 0.196 e. The van der Waals surface area contributed by atoms with Crippen LogP contribution in [0, 0.1) is 0 Å². The Morgan fingerprint density at radius 1 is 1.33 bits per heavy atom. The molecule has 0 aromatic heterocycles. The molecule has 1 saturated heterocycles. The number of nitrogens with two attached hydrogens (primary N) is 1. The van der Waals surface area contributed by atoms with Crippen LogP contribution in [0.4, 0.5) is 5.69 Å². The Labute approximate surface area is 111 Å². The molecule has 0 atom stereocenters. The molecule has 2 N–H and O–H groups in total. The fourth-order valence-corrected chi connectivity index (χ4v) is 2.95. The Kier molecular flexibility index (Phi) is 2.92. The van der Waals surface area contributed by atoms with E-state index >= 15 is 0 Å². The van der Waals surface area contributed by atoms with Crippen LogP contribution in [0.15, 0.2) is 29.3 Å². The van der Waals surface area contributed by atoms with Gasteiger partial charge in [0.05, 0.1) is 12.1 Å². The molecule has 1 spiro atoms. The van der Waals surface area contributed by atoms with Crippen LogP contribution in [-0.2, 0) is 4.74 Å². The Balaban J connectivity index is 1.98. The van der Waals surface area contributed by atoms with Gasteiger partial charge in [-0.3, -0.25) is 4.99 Å². The van der Waals surface area contributed by atoms with E-state index in [9.17, 15) is 0 Å². The summed E-state index contributed by atoms with van der Waals surface area (Å²) in [5.41, 5.74) is 7.05. The number of anilines is 1. The highest BCUT2D eigenvalue weighted by molar-refractivity contribution is 6.31. The zero-order valence-corrected chi connectivity index (χ0v) is 10.9. The van der Waals surface area contributed by atoms with Crippen LogP contribution < -0.4 is 10.6 Å². The second-order valence-electron chi connectivity index (χ2n) is 4.83. The molecular formula is C13H16ClN3O. The van der Waals surface area contributed by atoms with Gasteiger partial charge in [-0.25, -0.2) is 0 Å². The lowest BCUT2D eigenvalue weighted by Gasteiger charge is -2.41. The number of rotatable bonds is 1. The zero-order valence-electron chi connectivity index (χ0n) is 10.1. The summed E-state index contributed by atoms with van der Waals surface area (Å²) in [6.45, 7) is 2.27. The second kappa shape index (κ2) is 4.44. The van der Waals surface area contributed by atoms with Gasteiger partial charge in [-0.05, 0) is 31.0 Å². The maximum Gasteiger partial charge on any atom is 0.196 e. The highest BCUT2D eigenvalue weighted by Gasteiger charge is 2.44. The van der Waals surface area contributed by atoms with Crippen LogP contribution in [0.5, 0.6) is 0 Å². The number of benzene rings is 1. The summed E-state index contributed by atoms with van der Waals surface area (Å²) in [4.78, 5) is 6.55. The number of nitrogens with zero attached hydrogens (tertiary/aromatic N) is 2. The second-order valence-corrected chi connectivity index (χ2v) is 5.26. The summed E-state index contributed by atoms with van der Waals surface area (Å²) in [5.74, 6) is 0.583. The highest BCUT2D eigenvalue weighted by atomic mass is 35.5. The van der Waals surface area contributed by atoms with Crippen molar-refractivity contribution in [2.45, 2.75) is 18.4 Å². The minimum atomic E-state index is -0.0208. The van der Waals surface area contributed by atoms with Gasteiger partial charge >= 0.3 is 0 Å². The van der Waals surface area contributed by atoms with E-state index in [2.05, 4.69) is 9.89 Å². The summed E-state index contributed by atoms with van der Waals surface area (Å²) >= 11 is 6.07. The number of halogens is 1. The van der Waals surface area contributed by atoms with Gasteiger partial charge in [-0.2, -0.15) is 0 Å². The molecule has 0 saturated carbocycles. The van der Waals surface area contributed by atoms with Crippen molar-refractivity contribution < 1.29 is 4.74 Å². The predicted molar refractivity (Wildman–Crippen MR) is 73.2 cm³/mol. The largest absolute Gasteiger partial charge is 0.381 e. The molecule has 0 aliphatic carbocycles. The summed E-state index contributed by atoms with van der Waals surface area (Å²) in [6.07, 6.45) is 1.90. The minimum Gasteiger partial charge on any atom is -0.381 e. The SMILES string of the molecule is NC1=NCC2(CCOCC2)N1c1cccc(Cl)c1. The van der Waals surface area contributed by atoms with Gasteiger partial charge in [-0.15, -0.1) is 0 Å². The van der Waals surface area contributed by atoms with E-state index in [1.807, 2.05) is 24.3 Å². The van der Waals surface area contributed by atoms with Crippen molar-refractivity contribution in [2.75, 3.05) is 24.7 Å². The Bertz CT molecular complexity index is 483. The molecule has 2 heterocycles. The summed E-state index contributed by atoms with van der Waals surface area (Å²) < 4.78 is 5.45. The molecule has 0 amide bonds. The first-order valence-corrected chi connectivity index (χ1v) is 6.53. The molecule has 2 aliphatic rings. The standard InChI is InChI=1S/C13H16ClN3O/c14-10-2-1-3-11(8-10)17-12(15)16-9-13(17)4-6-18-7-5-13/h1-3,8H,4-7,9H2,(H2,15,16). The first-order chi connectivity index (χ1) is 8.71. The Morgan fingerprint density at radius 2 is 2.11 bits per heavy atom. The first-order valence-electron chi connectivity index (χ1n) is 6.15. The number of ether oxygens (including phenoxy) is 1. The van der Waals surface area contributed by atoms with Crippen LogP contribution in [0.2, 0.25) is 5.02 Å². The maximum atomic E-state index is 6.07. The third kappa shape index (κ3) is 1.85. The molecule has 2 aliphatic heterocycles. The molecule has 1 aromatic rings. The molecule has 1 aromatic carbocycles. The van der Waals surface area contributed by atoms with Gasteiger partial charge in [-0.1, -0.05) is 17.7 Å². The van der Waals surface area contributed by atoms with Gasteiger partial charge in [0.25, 0.3) is 0 Å². The third-order valence-electron chi connectivity index (χ3n) is 3.73. The fourth-order valence-electron chi connectivity index (χ4n) is 2.77. The Hall–Kier alpha value is -1.26. The van der Waals surface area contributed by atoms with Crippen LogP contribution in [0.25, 0.3) is 0 Å². The number of hydrogen-bond donors (Lipinski definition) is 1. The highest BCUT2D eigenvalue weighted by Crippen LogP contribution is 2.36. The normalized spacial score (nSPS) is 22.3. The van der Waals surface area contributed by atoms with E-state index in [0.717, 1.165) is 43.3 Å². The van der Waals surface area contributed by atoms with E-state index in [-0.39, 0.29) is 5.54 Å². The van der Waals surface area contributed by atoms with Crippen LogP contribution in [-0.4, -0.2) is 31.3 Å². The van der Waals surface area contributed by atoms with Gasteiger partial charge in [0.2, 0.25) is 0 Å². The summed E-state index contributed by atoms with van der Waals surface area (Å²) in [6, 6.07) is 7.77. The quantitative estimate of drug-likeness (QED) is 0.845. The molecule has 0 bridgehead atoms. The molecule has 3 rings (SSSR count). The Morgan fingerprint density at radius 3 is 2.83 bits per heavy atom. The summed E-state index contributed by atoms with van der Waals surface area (Å²) in [5, 5.41) is 0.717. The molecule has 0 unspecified atom stereocenters. The molecule has 4 nitrogen and oxygen atoms in total. The topological polar surface area (TPSA) is 50.9 Å². The van der Waals surface area contributed by atoms with E-state index in [1.54, 1.807) is 0 Å². The average molecular weight is 266 g/mol. The number of aliphatic imine (C=N–C) groups is 1. The number of guanidine groups is 1. The average Bonchev–Trinajstić information content (AvgIpc) is 2.67. The van der Waals surface area contributed by atoms with Gasteiger partial charge in [0.15, 0.2) is 5.96 Å². The van der Waals surface area contributed by atoms with Crippen LogP contribution in [0.1, 0.15) is 12.8 Å². The van der Waals surface area contributed by atoms with E-state index < -0.39 is 0 Å². The van der Waals surface area contributed by atoms with Crippen molar-refractivity contribution in [1.82, 2.24) is 0 Å².